The molecule has 0 bridgehead atoms. The second kappa shape index (κ2) is 4.63. The molecule has 0 aliphatic carbocycles. The van der Waals surface area contributed by atoms with Crippen molar-refractivity contribution < 1.29 is 9.90 Å². The Morgan fingerprint density at radius 1 is 1.33 bits per heavy atom. The molecule has 1 aromatic rings. The highest BCUT2D eigenvalue weighted by molar-refractivity contribution is 5.89. The molecule has 1 aromatic carbocycles. The zero-order valence-electron chi connectivity index (χ0n) is 11.4. The van der Waals surface area contributed by atoms with Crippen LogP contribution in [0, 0.1) is 12.3 Å². The molecule has 18 heavy (non-hydrogen) atoms. The highest BCUT2D eigenvalue weighted by Gasteiger charge is 2.40. The molecule has 0 amide bonds. The largest absolute Gasteiger partial charge is 0.478 e. The van der Waals surface area contributed by atoms with Crippen LogP contribution in [0.25, 0.3) is 0 Å². The number of aryl methyl sites for hydroxylation is 1. The summed E-state index contributed by atoms with van der Waals surface area (Å²) in [5.74, 6) is -0.853. The number of aromatic carboxylic acids is 1. The first-order valence-electron chi connectivity index (χ1n) is 6.60. The minimum atomic E-state index is -0.853. The normalized spacial score (nSPS) is 17.4. The Bertz CT molecular complexity index is 456. The van der Waals surface area contributed by atoms with Crippen LogP contribution in [-0.4, -0.2) is 24.2 Å². The Labute approximate surface area is 108 Å². The van der Waals surface area contributed by atoms with Gasteiger partial charge in [-0.25, -0.2) is 4.79 Å². The molecule has 1 saturated heterocycles. The Hall–Kier alpha value is -1.51. The summed E-state index contributed by atoms with van der Waals surface area (Å²) in [7, 11) is 0. The SMILES string of the molecule is CCC1(CC)CN(c2cc(C(=O)O)ccc2C)C1. The van der Waals surface area contributed by atoms with E-state index in [0.29, 0.717) is 11.0 Å². The molecule has 0 spiro atoms. The van der Waals surface area contributed by atoms with E-state index in [-0.39, 0.29) is 0 Å². The predicted molar refractivity (Wildman–Crippen MR) is 73.4 cm³/mol. The van der Waals surface area contributed by atoms with E-state index in [2.05, 4.69) is 18.7 Å². The maximum atomic E-state index is 11.0. The van der Waals surface area contributed by atoms with Crippen molar-refractivity contribution >= 4 is 11.7 Å². The molecule has 0 aromatic heterocycles. The van der Waals surface area contributed by atoms with Gasteiger partial charge >= 0.3 is 5.97 Å². The fourth-order valence-corrected chi connectivity index (χ4v) is 2.71. The third kappa shape index (κ3) is 2.09. The monoisotopic (exact) mass is 247 g/mol. The first-order chi connectivity index (χ1) is 8.51. The van der Waals surface area contributed by atoms with Gasteiger partial charge in [-0.3, -0.25) is 0 Å². The van der Waals surface area contributed by atoms with Crippen molar-refractivity contribution in [1.29, 1.82) is 0 Å². The average molecular weight is 247 g/mol. The highest BCUT2D eigenvalue weighted by atomic mass is 16.4. The van der Waals surface area contributed by atoms with Crippen LogP contribution >= 0.6 is 0 Å². The fraction of sp³-hybridized carbons (Fsp3) is 0.533. The fourth-order valence-electron chi connectivity index (χ4n) is 2.71. The maximum Gasteiger partial charge on any atom is 0.335 e. The Morgan fingerprint density at radius 2 is 1.94 bits per heavy atom. The molecular weight excluding hydrogens is 226 g/mol. The van der Waals surface area contributed by atoms with E-state index in [0.717, 1.165) is 24.3 Å². The van der Waals surface area contributed by atoms with Crippen molar-refractivity contribution in [3.63, 3.8) is 0 Å². The summed E-state index contributed by atoms with van der Waals surface area (Å²) >= 11 is 0. The first kappa shape index (κ1) is 12.9. The molecular formula is C15H21NO2. The summed E-state index contributed by atoms with van der Waals surface area (Å²) in [5.41, 5.74) is 3.04. The molecule has 1 aliphatic heterocycles. The minimum absolute atomic E-state index is 0.376. The number of anilines is 1. The maximum absolute atomic E-state index is 11.0. The molecule has 1 fully saturated rings. The molecule has 0 unspecified atom stereocenters. The van der Waals surface area contributed by atoms with E-state index >= 15 is 0 Å². The summed E-state index contributed by atoms with van der Waals surface area (Å²) in [6.07, 6.45) is 2.38. The van der Waals surface area contributed by atoms with Crippen LogP contribution in [0.2, 0.25) is 0 Å². The van der Waals surface area contributed by atoms with Gasteiger partial charge in [-0.05, 0) is 37.5 Å². The second-order valence-electron chi connectivity index (χ2n) is 5.37. The van der Waals surface area contributed by atoms with Crippen molar-refractivity contribution in [2.45, 2.75) is 33.6 Å². The molecule has 98 valence electrons. The molecule has 0 saturated carbocycles. The van der Waals surface area contributed by atoms with Crippen molar-refractivity contribution in [2.24, 2.45) is 5.41 Å². The van der Waals surface area contributed by atoms with Gasteiger partial charge in [0.25, 0.3) is 0 Å². The lowest BCUT2D eigenvalue weighted by atomic mass is 9.74. The average Bonchev–Trinajstić information content (AvgIpc) is 2.30. The number of nitrogens with zero attached hydrogens (tertiary/aromatic N) is 1. The van der Waals surface area contributed by atoms with Crippen LogP contribution in [-0.2, 0) is 0 Å². The van der Waals surface area contributed by atoms with E-state index < -0.39 is 5.97 Å². The van der Waals surface area contributed by atoms with Crippen LogP contribution in [0.3, 0.4) is 0 Å². The summed E-state index contributed by atoms with van der Waals surface area (Å²) < 4.78 is 0. The van der Waals surface area contributed by atoms with Crippen molar-refractivity contribution in [1.82, 2.24) is 0 Å². The lowest BCUT2D eigenvalue weighted by Crippen LogP contribution is -2.56. The molecule has 1 aliphatic rings. The van der Waals surface area contributed by atoms with E-state index in [4.69, 9.17) is 5.11 Å². The number of carbonyl (C=O) groups is 1. The summed E-state index contributed by atoms with van der Waals surface area (Å²) in [6.45, 7) is 8.61. The number of hydrogen-bond acceptors (Lipinski definition) is 2. The van der Waals surface area contributed by atoms with Gasteiger partial charge in [-0.1, -0.05) is 19.9 Å². The van der Waals surface area contributed by atoms with Gasteiger partial charge in [0.15, 0.2) is 0 Å². The van der Waals surface area contributed by atoms with E-state index in [1.807, 2.05) is 13.0 Å². The van der Waals surface area contributed by atoms with Crippen LogP contribution in [0.15, 0.2) is 18.2 Å². The number of benzene rings is 1. The number of carboxylic acids is 1. The number of rotatable bonds is 4. The molecule has 3 heteroatoms. The molecule has 0 radical (unpaired) electrons. The van der Waals surface area contributed by atoms with Crippen LogP contribution in [0.1, 0.15) is 42.6 Å². The Balaban J connectivity index is 2.21. The van der Waals surface area contributed by atoms with Gasteiger partial charge in [0.05, 0.1) is 5.56 Å². The third-order valence-electron chi connectivity index (χ3n) is 4.35. The Morgan fingerprint density at radius 3 is 2.44 bits per heavy atom. The minimum Gasteiger partial charge on any atom is -0.478 e. The smallest absolute Gasteiger partial charge is 0.335 e. The molecule has 1 heterocycles. The standard InChI is InChI=1S/C15H21NO2/c1-4-15(5-2)9-16(10-15)13-8-12(14(17)18)7-6-11(13)3/h6-8H,4-5,9-10H2,1-3H3,(H,17,18). The van der Waals surface area contributed by atoms with Crippen LogP contribution in [0.4, 0.5) is 5.69 Å². The number of carboxylic acid groups (broad SMARTS) is 1. The van der Waals surface area contributed by atoms with Gasteiger partial charge in [0.1, 0.15) is 0 Å². The van der Waals surface area contributed by atoms with Gasteiger partial charge in [-0.15, -0.1) is 0 Å². The third-order valence-corrected chi connectivity index (χ3v) is 4.35. The molecule has 1 N–H and O–H groups in total. The van der Waals surface area contributed by atoms with Crippen molar-refractivity contribution in [3.8, 4) is 0 Å². The quantitative estimate of drug-likeness (QED) is 0.887. The van der Waals surface area contributed by atoms with Gasteiger partial charge in [0, 0.05) is 24.2 Å². The van der Waals surface area contributed by atoms with Crippen LogP contribution < -0.4 is 4.90 Å². The van der Waals surface area contributed by atoms with E-state index in [1.54, 1.807) is 12.1 Å². The van der Waals surface area contributed by atoms with Crippen molar-refractivity contribution in [3.05, 3.63) is 29.3 Å². The lowest BCUT2D eigenvalue weighted by Gasteiger charge is -2.51. The highest BCUT2D eigenvalue weighted by Crippen LogP contribution is 2.40. The Kier molecular flexibility index (Phi) is 3.33. The number of hydrogen-bond donors (Lipinski definition) is 1. The zero-order chi connectivity index (χ0) is 13.3. The van der Waals surface area contributed by atoms with Gasteiger partial charge in [-0.2, -0.15) is 0 Å². The summed E-state index contributed by atoms with van der Waals surface area (Å²) in [6, 6.07) is 5.37. The van der Waals surface area contributed by atoms with E-state index in [1.165, 1.54) is 12.8 Å². The second-order valence-corrected chi connectivity index (χ2v) is 5.37. The van der Waals surface area contributed by atoms with Crippen LogP contribution in [0.5, 0.6) is 0 Å². The van der Waals surface area contributed by atoms with Crippen molar-refractivity contribution in [2.75, 3.05) is 18.0 Å². The zero-order valence-corrected chi connectivity index (χ0v) is 11.4. The van der Waals surface area contributed by atoms with E-state index in [9.17, 15) is 4.79 Å². The van der Waals surface area contributed by atoms with Gasteiger partial charge in [0.2, 0.25) is 0 Å². The first-order valence-corrected chi connectivity index (χ1v) is 6.60. The van der Waals surface area contributed by atoms with Gasteiger partial charge < -0.3 is 10.0 Å². The summed E-state index contributed by atoms with van der Waals surface area (Å²) in [4.78, 5) is 13.3. The predicted octanol–water partition coefficient (Wildman–Crippen LogP) is 3.32. The summed E-state index contributed by atoms with van der Waals surface area (Å²) in [5, 5.41) is 9.05. The lowest BCUT2D eigenvalue weighted by molar-refractivity contribution is 0.0697. The molecule has 2 rings (SSSR count). The molecule has 0 atom stereocenters. The topological polar surface area (TPSA) is 40.5 Å². The molecule has 3 nitrogen and oxygen atoms in total.